The number of amides is 1. The first-order valence-electron chi connectivity index (χ1n) is 6.44. The van der Waals surface area contributed by atoms with E-state index in [0.29, 0.717) is 26.2 Å². The maximum Gasteiger partial charge on any atom is 0.280 e. The van der Waals surface area contributed by atoms with Gasteiger partial charge in [-0.15, -0.1) is 0 Å². The minimum atomic E-state index is -3.61. The number of carbonyl (C=O) groups is 1. The average molecular weight is 292 g/mol. The van der Waals surface area contributed by atoms with Crippen LogP contribution in [0.5, 0.6) is 0 Å². The summed E-state index contributed by atoms with van der Waals surface area (Å²) in [6.07, 6.45) is 0. The summed E-state index contributed by atoms with van der Waals surface area (Å²) in [4.78, 5) is 13.5. The first-order valence-corrected chi connectivity index (χ1v) is 7.88. The second kappa shape index (κ2) is 6.65. The first-order chi connectivity index (χ1) is 8.75. The molecule has 1 aliphatic heterocycles. The Morgan fingerprint density at radius 3 is 2.63 bits per heavy atom. The minimum Gasteiger partial charge on any atom is -0.347 e. The van der Waals surface area contributed by atoms with Crippen molar-refractivity contribution in [3.63, 3.8) is 0 Å². The number of nitrogens with one attached hydrogen (secondary N) is 2. The molecular weight excluding hydrogens is 268 g/mol. The first kappa shape index (κ1) is 16.4. The number of piperazine rings is 1. The predicted molar refractivity (Wildman–Crippen MR) is 73.8 cm³/mol. The largest absolute Gasteiger partial charge is 0.347 e. The van der Waals surface area contributed by atoms with E-state index in [1.165, 1.54) is 9.21 Å². The molecule has 1 rings (SSSR count). The predicted octanol–water partition coefficient (Wildman–Crippen LogP) is -1.16. The molecule has 0 radical (unpaired) electrons. The molecule has 8 heteroatoms. The highest BCUT2D eigenvalue weighted by Gasteiger charge is 2.37. The lowest BCUT2D eigenvalue weighted by atomic mass is 10.2. The van der Waals surface area contributed by atoms with Crippen LogP contribution >= 0.6 is 0 Å². The molecule has 0 bridgehead atoms. The number of rotatable bonds is 5. The van der Waals surface area contributed by atoms with Gasteiger partial charge in [0.05, 0.1) is 0 Å². The van der Waals surface area contributed by atoms with Gasteiger partial charge in [-0.05, 0) is 5.92 Å². The van der Waals surface area contributed by atoms with Gasteiger partial charge in [0.1, 0.15) is 6.04 Å². The van der Waals surface area contributed by atoms with E-state index in [9.17, 15) is 13.2 Å². The second-order valence-electron chi connectivity index (χ2n) is 5.31. The third-order valence-electron chi connectivity index (χ3n) is 2.90. The van der Waals surface area contributed by atoms with Gasteiger partial charge in [-0.1, -0.05) is 13.8 Å². The molecule has 1 saturated heterocycles. The van der Waals surface area contributed by atoms with Crippen LogP contribution in [0.4, 0.5) is 0 Å². The Bertz CT molecular complexity index is 408. The number of nitrogens with zero attached hydrogens (tertiary/aromatic N) is 2. The zero-order chi connectivity index (χ0) is 14.6. The summed E-state index contributed by atoms with van der Waals surface area (Å²) in [7, 11) is -0.354. The zero-order valence-electron chi connectivity index (χ0n) is 12.0. The lowest BCUT2D eigenvalue weighted by Crippen LogP contribution is -2.61. The number of hydrogen-bond donors (Lipinski definition) is 2. The molecule has 112 valence electrons. The summed E-state index contributed by atoms with van der Waals surface area (Å²) < 4.78 is 28.3. The Balaban J connectivity index is 2.84. The lowest BCUT2D eigenvalue weighted by molar-refractivity contribution is -0.133. The van der Waals surface area contributed by atoms with Crippen LogP contribution in [0.3, 0.4) is 0 Å². The van der Waals surface area contributed by atoms with Gasteiger partial charge in [0.25, 0.3) is 10.2 Å². The minimum absolute atomic E-state index is 0.206. The Kier molecular flexibility index (Phi) is 5.72. The van der Waals surface area contributed by atoms with Crippen molar-refractivity contribution in [3.05, 3.63) is 0 Å². The smallest absolute Gasteiger partial charge is 0.280 e. The van der Waals surface area contributed by atoms with Crippen molar-refractivity contribution >= 4 is 16.1 Å². The second-order valence-corrected chi connectivity index (χ2v) is 7.02. The maximum absolute atomic E-state index is 12.2. The van der Waals surface area contributed by atoms with Crippen molar-refractivity contribution in [1.29, 1.82) is 0 Å². The highest BCUT2D eigenvalue weighted by atomic mass is 32.2. The number of likely N-dealkylation sites (N-methyl/N-ethyl adjacent to an activating group) is 1. The van der Waals surface area contributed by atoms with E-state index < -0.39 is 16.3 Å². The van der Waals surface area contributed by atoms with Crippen LogP contribution in [0.15, 0.2) is 0 Å². The fraction of sp³-hybridized carbons (Fsp3) is 0.909. The van der Waals surface area contributed by atoms with E-state index in [1.54, 1.807) is 14.1 Å². The van der Waals surface area contributed by atoms with E-state index >= 15 is 0 Å². The number of hydrogen-bond acceptors (Lipinski definition) is 4. The topological polar surface area (TPSA) is 81.8 Å². The van der Waals surface area contributed by atoms with Crippen molar-refractivity contribution < 1.29 is 13.2 Å². The highest BCUT2D eigenvalue weighted by molar-refractivity contribution is 7.87. The van der Waals surface area contributed by atoms with E-state index in [4.69, 9.17) is 0 Å². The maximum atomic E-state index is 12.2. The molecule has 1 fully saturated rings. The summed E-state index contributed by atoms with van der Waals surface area (Å²) in [5.41, 5.74) is 0. The van der Waals surface area contributed by atoms with Crippen molar-refractivity contribution in [2.24, 2.45) is 5.92 Å². The summed E-state index contributed by atoms with van der Waals surface area (Å²) >= 11 is 0. The summed E-state index contributed by atoms with van der Waals surface area (Å²) in [5.74, 6) is 0.0165. The SMILES string of the molecule is CC(C)CNS(=O)(=O)N1CCNCC1C(=O)N(C)C. The monoisotopic (exact) mass is 292 g/mol. The molecule has 0 spiro atoms. The number of carbonyl (C=O) groups excluding carboxylic acids is 1. The van der Waals surface area contributed by atoms with Gasteiger partial charge in [-0.3, -0.25) is 4.79 Å². The fourth-order valence-electron chi connectivity index (χ4n) is 1.84. The summed E-state index contributed by atoms with van der Waals surface area (Å²) in [6.45, 7) is 5.44. The third kappa shape index (κ3) is 4.41. The third-order valence-corrected chi connectivity index (χ3v) is 4.49. The molecule has 19 heavy (non-hydrogen) atoms. The van der Waals surface area contributed by atoms with Gasteiger partial charge in [0.2, 0.25) is 5.91 Å². The molecule has 0 aromatic carbocycles. The van der Waals surface area contributed by atoms with Crippen molar-refractivity contribution in [3.8, 4) is 0 Å². The van der Waals surface area contributed by atoms with E-state index in [0.717, 1.165) is 0 Å². The summed E-state index contributed by atoms with van der Waals surface area (Å²) in [6, 6.07) is -0.673. The van der Waals surface area contributed by atoms with Crippen LogP contribution in [0.1, 0.15) is 13.8 Å². The van der Waals surface area contributed by atoms with Gasteiger partial charge in [-0.2, -0.15) is 12.7 Å². The standard InChI is InChI=1S/C11H24N4O3S/c1-9(2)7-13-19(17,18)15-6-5-12-8-10(15)11(16)14(3)4/h9-10,12-13H,5-8H2,1-4H3. The van der Waals surface area contributed by atoms with Gasteiger partial charge in [0.15, 0.2) is 0 Å². The Morgan fingerprint density at radius 2 is 2.11 bits per heavy atom. The van der Waals surface area contributed by atoms with Crippen LogP contribution in [-0.2, 0) is 15.0 Å². The fourth-order valence-corrected chi connectivity index (χ4v) is 3.38. The molecule has 1 heterocycles. The molecule has 0 aromatic rings. The van der Waals surface area contributed by atoms with Crippen molar-refractivity contribution in [1.82, 2.24) is 19.2 Å². The van der Waals surface area contributed by atoms with Crippen LogP contribution < -0.4 is 10.0 Å². The van der Waals surface area contributed by atoms with E-state index in [-0.39, 0.29) is 11.8 Å². The van der Waals surface area contributed by atoms with Crippen LogP contribution in [0, 0.1) is 5.92 Å². The molecule has 0 aromatic heterocycles. The van der Waals surface area contributed by atoms with Gasteiger partial charge in [-0.25, -0.2) is 4.72 Å². The normalized spacial score (nSPS) is 21.6. The molecule has 1 amide bonds. The molecule has 0 aliphatic carbocycles. The van der Waals surface area contributed by atoms with Gasteiger partial charge in [0, 0.05) is 40.3 Å². The van der Waals surface area contributed by atoms with Gasteiger partial charge < -0.3 is 10.2 Å². The van der Waals surface area contributed by atoms with Crippen LogP contribution in [0.25, 0.3) is 0 Å². The van der Waals surface area contributed by atoms with Crippen LogP contribution in [0.2, 0.25) is 0 Å². The molecular formula is C11H24N4O3S. The average Bonchev–Trinajstić information content (AvgIpc) is 2.35. The van der Waals surface area contributed by atoms with E-state index in [1.807, 2.05) is 13.8 Å². The molecule has 1 atom stereocenters. The van der Waals surface area contributed by atoms with Gasteiger partial charge >= 0.3 is 0 Å². The molecule has 1 aliphatic rings. The Hall–Kier alpha value is -0.700. The Morgan fingerprint density at radius 1 is 1.47 bits per heavy atom. The lowest BCUT2D eigenvalue weighted by Gasteiger charge is -2.35. The molecule has 7 nitrogen and oxygen atoms in total. The quantitative estimate of drug-likeness (QED) is 0.670. The van der Waals surface area contributed by atoms with E-state index in [2.05, 4.69) is 10.0 Å². The van der Waals surface area contributed by atoms with Crippen molar-refractivity contribution in [2.75, 3.05) is 40.3 Å². The summed E-state index contributed by atoms with van der Waals surface area (Å²) in [5, 5.41) is 3.06. The Labute approximate surface area is 115 Å². The molecule has 1 unspecified atom stereocenters. The molecule has 2 N–H and O–H groups in total. The van der Waals surface area contributed by atoms with Crippen molar-refractivity contribution in [2.45, 2.75) is 19.9 Å². The zero-order valence-corrected chi connectivity index (χ0v) is 12.8. The highest BCUT2D eigenvalue weighted by Crippen LogP contribution is 2.11. The van der Waals surface area contributed by atoms with Crippen LogP contribution in [-0.4, -0.2) is 69.8 Å². The molecule has 0 saturated carbocycles.